The highest BCUT2D eigenvalue weighted by molar-refractivity contribution is 6.34. The molecule has 0 aliphatic carbocycles. The number of rotatable bonds is 7. The highest BCUT2D eigenvalue weighted by Crippen LogP contribution is 2.43. The third-order valence-corrected chi connectivity index (χ3v) is 5.93. The van der Waals surface area contributed by atoms with Crippen molar-refractivity contribution in [3.05, 3.63) is 108 Å². The summed E-state index contributed by atoms with van der Waals surface area (Å²) in [4.78, 5) is 23.2. The van der Waals surface area contributed by atoms with Crippen LogP contribution in [0.15, 0.2) is 95.6 Å². The minimum atomic E-state index is -0.384. The standard InChI is InChI=1S/C28H21ClFN5O2/c1-18(36)35(24-10-6-5-9-22(24)29)27-25(26(34-37-27)20-11-13-21(30)14-12-20)23-15-16-31-28(33-23)32-17-19-7-3-2-4-8-19/h2-16H,17H2,1H3,(H,31,32,33). The second kappa shape index (κ2) is 10.6. The van der Waals surface area contributed by atoms with Crippen molar-refractivity contribution in [3.8, 4) is 22.5 Å². The lowest BCUT2D eigenvalue weighted by Crippen LogP contribution is -2.23. The molecule has 2 heterocycles. The molecule has 5 aromatic rings. The number of aromatic nitrogens is 3. The smallest absolute Gasteiger partial charge is 0.248 e. The van der Waals surface area contributed by atoms with Crippen molar-refractivity contribution >= 4 is 35.0 Å². The first-order valence-electron chi connectivity index (χ1n) is 11.4. The number of amides is 1. The van der Waals surface area contributed by atoms with Crippen molar-refractivity contribution in [2.75, 3.05) is 10.2 Å². The molecule has 0 radical (unpaired) electrons. The Labute approximate surface area is 217 Å². The van der Waals surface area contributed by atoms with Crippen LogP contribution in [0.5, 0.6) is 0 Å². The van der Waals surface area contributed by atoms with E-state index in [0.717, 1.165) is 5.56 Å². The Kier molecular flexibility index (Phi) is 6.91. The van der Waals surface area contributed by atoms with Gasteiger partial charge in [0.15, 0.2) is 0 Å². The van der Waals surface area contributed by atoms with E-state index in [1.54, 1.807) is 48.7 Å². The zero-order valence-electron chi connectivity index (χ0n) is 19.7. The van der Waals surface area contributed by atoms with Gasteiger partial charge in [-0.25, -0.2) is 19.3 Å². The van der Waals surface area contributed by atoms with Crippen molar-refractivity contribution in [2.24, 2.45) is 0 Å². The van der Waals surface area contributed by atoms with Gasteiger partial charge in [0.1, 0.15) is 11.5 Å². The van der Waals surface area contributed by atoms with Crippen molar-refractivity contribution in [1.29, 1.82) is 0 Å². The SMILES string of the molecule is CC(=O)N(c1ccccc1Cl)c1onc(-c2ccc(F)cc2)c1-c1ccnc(NCc2ccccc2)n1. The number of benzene rings is 3. The summed E-state index contributed by atoms with van der Waals surface area (Å²) in [5.41, 5.74) is 3.37. The molecule has 1 N–H and O–H groups in total. The average molecular weight is 514 g/mol. The van der Waals surface area contributed by atoms with Crippen LogP contribution in [-0.4, -0.2) is 21.0 Å². The lowest BCUT2D eigenvalue weighted by atomic mass is 10.0. The topological polar surface area (TPSA) is 84.2 Å². The van der Waals surface area contributed by atoms with Gasteiger partial charge in [-0.05, 0) is 48.0 Å². The van der Waals surface area contributed by atoms with Crippen LogP contribution in [0.3, 0.4) is 0 Å². The molecule has 7 nitrogen and oxygen atoms in total. The summed E-state index contributed by atoms with van der Waals surface area (Å²) >= 11 is 6.44. The minimum Gasteiger partial charge on any atom is -0.350 e. The molecular formula is C28H21ClFN5O2. The van der Waals surface area contributed by atoms with Gasteiger partial charge in [0.25, 0.3) is 0 Å². The molecule has 37 heavy (non-hydrogen) atoms. The monoisotopic (exact) mass is 513 g/mol. The molecule has 184 valence electrons. The van der Waals surface area contributed by atoms with Crippen LogP contribution in [0.4, 0.5) is 21.9 Å². The lowest BCUT2D eigenvalue weighted by Gasteiger charge is -2.20. The highest BCUT2D eigenvalue weighted by atomic mass is 35.5. The molecule has 9 heteroatoms. The van der Waals surface area contributed by atoms with Crippen LogP contribution < -0.4 is 10.2 Å². The second-order valence-electron chi connectivity index (χ2n) is 8.13. The van der Waals surface area contributed by atoms with E-state index in [1.807, 2.05) is 30.3 Å². The molecule has 0 saturated carbocycles. The van der Waals surface area contributed by atoms with E-state index in [0.29, 0.717) is 45.7 Å². The maximum absolute atomic E-state index is 13.7. The first-order valence-corrected chi connectivity index (χ1v) is 11.8. The summed E-state index contributed by atoms with van der Waals surface area (Å²) in [6, 6.07) is 24.3. The van der Waals surface area contributed by atoms with Gasteiger partial charge >= 0.3 is 0 Å². The first-order chi connectivity index (χ1) is 18.0. The zero-order chi connectivity index (χ0) is 25.8. The summed E-state index contributed by atoms with van der Waals surface area (Å²) in [7, 11) is 0. The fourth-order valence-corrected chi connectivity index (χ4v) is 4.11. The third kappa shape index (κ3) is 5.19. The van der Waals surface area contributed by atoms with Crippen molar-refractivity contribution < 1.29 is 13.7 Å². The van der Waals surface area contributed by atoms with Gasteiger partial charge in [0, 0.05) is 25.2 Å². The highest BCUT2D eigenvalue weighted by Gasteiger charge is 2.29. The van der Waals surface area contributed by atoms with Gasteiger partial charge in [0.05, 0.1) is 22.0 Å². The van der Waals surface area contributed by atoms with Crippen LogP contribution in [0.1, 0.15) is 12.5 Å². The number of carbonyl (C=O) groups excluding carboxylic acids is 1. The van der Waals surface area contributed by atoms with Crippen LogP contribution in [0.25, 0.3) is 22.5 Å². The number of halogens is 2. The molecule has 5 rings (SSSR count). The van der Waals surface area contributed by atoms with Crippen LogP contribution in [-0.2, 0) is 11.3 Å². The quantitative estimate of drug-likeness (QED) is 0.255. The molecule has 0 atom stereocenters. The molecule has 0 unspecified atom stereocenters. The maximum atomic E-state index is 13.7. The predicted octanol–water partition coefficient (Wildman–Crippen LogP) is 6.89. The lowest BCUT2D eigenvalue weighted by molar-refractivity contribution is -0.116. The third-order valence-electron chi connectivity index (χ3n) is 5.61. The zero-order valence-corrected chi connectivity index (χ0v) is 20.5. The molecule has 0 spiro atoms. The Balaban J connectivity index is 1.63. The average Bonchev–Trinajstić information content (AvgIpc) is 3.34. The summed E-state index contributed by atoms with van der Waals surface area (Å²) < 4.78 is 19.4. The van der Waals surface area contributed by atoms with Crippen LogP contribution >= 0.6 is 11.6 Å². The largest absolute Gasteiger partial charge is 0.350 e. The molecule has 0 aliphatic rings. The number of hydrogen-bond acceptors (Lipinski definition) is 6. The Morgan fingerprint density at radius 1 is 1.00 bits per heavy atom. The van der Waals surface area contributed by atoms with Gasteiger partial charge in [-0.15, -0.1) is 0 Å². The fraction of sp³-hybridized carbons (Fsp3) is 0.0714. The maximum Gasteiger partial charge on any atom is 0.248 e. The number of hydrogen-bond donors (Lipinski definition) is 1. The summed E-state index contributed by atoms with van der Waals surface area (Å²) in [6.45, 7) is 1.92. The van der Waals surface area contributed by atoms with Crippen LogP contribution in [0.2, 0.25) is 5.02 Å². The van der Waals surface area contributed by atoms with Gasteiger partial charge < -0.3 is 9.84 Å². The van der Waals surface area contributed by atoms with Gasteiger partial charge in [0.2, 0.25) is 17.7 Å². The van der Waals surface area contributed by atoms with E-state index >= 15 is 0 Å². The Hall–Kier alpha value is -4.56. The summed E-state index contributed by atoms with van der Waals surface area (Å²) in [6.07, 6.45) is 1.61. The van der Waals surface area contributed by atoms with Crippen molar-refractivity contribution in [1.82, 2.24) is 15.1 Å². The molecule has 3 aromatic carbocycles. The van der Waals surface area contributed by atoms with Crippen molar-refractivity contribution in [3.63, 3.8) is 0 Å². The molecule has 0 bridgehead atoms. The Morgan fingerprint density at radius 3 is 2.46 bits per heavy atom. The normalized spacial score (nSPS) is 10.8. The molecular weight excluding hydrogens is 493 g/mol. The van der Waals surface area contributed by atoms with E-state index in [2.05, 4.69) is 20.4 Å². The summed E-state index contributed by atoms with van der Waals surface area (Å²) in [5, 5.41) is 7.83. The Bertz CT molecular complexity index is 1540. The van der Waals surface area contributed by atoms with Gasteiger partial charge in [-0.1, -0.05) is 59.2 Å². The van der Waals surface area contributed by atoms with E-state index in [-0.39, 0.29) is 17.6 Å². The van der Waals surface area contributed by atoms with Crippen molar-refractivity contribution in [2.45, 2.75) is 13.5 Å². The van der Waals surface area contributed by atoms with Gasteiger partial charge in [-0.2, -0.15) is 0 Å². The minimum absolute atomic E-state index is 0.132. The fourth-order valence-electron chi connectivity index (χ4n) is 3.88. The molecule has 0 saturated heterocycles. The Morgan fingerprint density at radius 2 is 1.73 bits per heavy atom. The van der Waals surface area contributed by atoms with E-state index in [9.17, 15) is 9.18 Å². The molecule has 1 amide bonds. The van der Waals surface area contributed by atoms with E-state index in [4.69, 9.17) is 16.1 Å². The number of para-hydroxylation sites is 1. The molecule has 0 aliphatic heterocycles. The number of nitrogens with zero attached hydrogens (tertiary/aromatic N) is 4. The second-order valence-corrected chi connectivity index (χ2v) is 8.54. The molecule has 2 aromatic heterocycles. The number of anilines is 3. The van der Waals surface area contributed by atoms with Crippen LogP contribution in [0, 0.1) is 5.82 Å². The predicted molar refractivity (Wildman–Crippen MR) is 141 cm³/mol. The van der Waals surface area contributed by atoms with E-state index in [1.165, 1.54) is 24.0 Å². The number of carbonyl (C=O) groups is 1. The molecule has 0 fully saturated rings. The van der Waals surface area contributed by atoms with E-state index < -0.39 is 0 Å². The summed E-state index contributed by atoms with van der Waals surface area (Å²) in [5.74, 6) is -0.212. The number of nitrogens with one attached hydrogen (secondary N) is 1. The van der Waals surface area contributed by atoms with Gasteiger partial charge in [-0.3, -0.25) is 4.79 Å². The first kappa shape index (κ1) is 24.1.